The van der Waals surface area contributed by atoms with Crippen LogP contribution in [0.15, 0.2) is 12.1 Å². The van der Waals surface area contributed by atoms with Crippen molar-refractivity contribution in [2.75, 3.05) is 11.4 Å². The van der Waals surface area contributed by atoms with Crippen molar-refractivity contribution in [3.8, 4) is 0 Å². The van der Waals surface area contributed by atoms with Crippen LogP contribution in [0.2, 0.25) is 0 Å². The molecule has 1 aliphatic rings. The Bertz CT molecular complexity index is 533. The van der Waals surface area contributed by atoms with Gasteiger partial charge in [-0.1, -0.05) is 0 Å². The summed E-state index contributed by atoms with van der Waals surface area (Å²) in [6, 6.07) is 0.800. The molecule has 0 aromatic heterocycles. The van der Waals surface area contributed by atoms with Crippen LogP contribution in [0.25, 0.3) is 0 Å². The minimum absolute atomic E-state index is 0.425. The summed E-state index contributed by atoms with van der Waals surface area (Å²) in [4.78, 5) is 23.8. The first-order chi connectivity index (χ1) is 8.41. The van der Waals surface area contributed by atoms with Crippen LogP contribution < -0.4 is 10.2 Å². The number of carbonyl (C=O) groups is 2. The van der Waals surface area contributed by atoms with Gasteiger partial charge in [-0.25, -0.2) is 13.2 Å². The summed E-state index contributed by atoms with van der Waals surface area (Å²) in [5.74, 6) is -5.58. The number of benzene rings is 1. The van der Waals surface area contributed by atoms with Crippen LogP contribution in [0.4, 0.5) is 18.9 Å². The zero-order chi connectivity index (χ0) is 13.4. The second-order valence-electron chi connectivity index (χ2n) is 3.91. The molecule has 1 heterocycles. The number of hydrogen-bond donors (Lipinski definition) is 1. The lowest BCUT2D eigenvalue weighted by atomic mass is 10.1. The van der Waals surface area contributed by atoms with Gasteiger partial charge in [-0.3, -0.25) is 14.5 Å². The summed E-state index contributed by atoms with van der Waals surface area (Å²) < 4.78 is 39.4. The van der Waals surface area contributed by atoms with Crippen molar-refractivity contribution in [2.45, 2.75) is 13.0 Å². The lowest BCUT2D eigenvalue weighted by molar-refractivity contribution is -0.130. The molecule has 0 saturated carbocycles. The highest BCUT2D eigenvalue weighted by Gasteiger charge is 2.33. The number of carbonyl (C=O) groups excluding carboxylic acids is 2. The summed E-state index contributed by atoms with van der Waals surface area (Å²) in [6.07, 6.45) is 0. The lowest BCUT2D eigenvalue weighted by Crippen LogP contribution is -2.57. The zero-order valence-electron chi connectivity index (χ0n) is 9.34. The first-order valence-electron chi connectivity index (χ1n) is 5.16. The predicted molar refractivity (Wildman–Crippen MR) is 56.3 cm³/mol. The van der Waals surface area contributed by atoms with E-state index in [9.17, 15) is 22.8 Å². The SMILES string of the molecule is CC1NC(=O)CN(c2ccc(F)c(F)c2F)C1=O. The molecule has 1 aromatic carbocycles. The maximum absolute atomic E-state index is 13.5. The Hall–Kier alpha value is -2.05. The fourth-order valence-corrected chi connectivity index (χ4v) is 1.73. The molecule has 1 saturated heterocycles. The van der Waals surface area contributed by atoms with Gasteiger partial charge in [-0.15, -0.1) is 0 Å². The quantitative estimate of drug-likeness (QED) is 0.763. The Morgan fingerprint density at radius 1 is 1.22 bits per heavy atom. The highest BCUT2D eigenvalue weighted by molar-refractivity contribution is 6.06. The van der Waals surface area contributed by atoms with E-state index in [0.717, 1.165) is 11.0 Å². The van der Waals surface area contributed by atoms with Gasteiger partial charge in [0.05, 0.1) is 5.69 Å². The minimum Gasteiger partial charge on any atom is -0.343 e. The van der Waals surface area contributed by atoms with E-state index in [-0.39, 0.29) is 0 Å². The van der Waals surface area contributed by atoms with Gasteiger partial charge in [0.1, 0.15) is 12.6 Å². The van der Waals surface area contributed by atoms with Crippen molar-refractivity contribution in [1.82, 2.24) is 5.32 Å². The molecule has 0 bridgehead atoms. The normalized spacial score (nSPS) is 20.0. The van der Waals surface area contributed by atoms with E-state index >= 15 is 0 Å². The molecule has 1 fully saturated rings. The van der Waals surface area contributed by atoms with E-state index in [4.69, 9.17) is 0 Å². The van der Waals surface area contributed by atoms with Crippen LogP contribution in [0.1, 0.15) is 6.92 Å². The van der Waals surface area contributed by atoms with Crippen molar-refractivity contribution < 1.29 is 22.8 Å². The number of nitrogens with one attached hydrogen (secondary N) is 1. The Balaban J connectivity index is 2.45. The number of anilines is 1. The van der Waals surface area contributed by atoms with Gasteiger partial charge < -0.3 is 5.32 Å². The summed E-state index contributed by atoms with van der Waals surface area (Å²) in [5.41, 5.74) is -0.444. The van der Waals surface area contributed by atoms with E-state index in [1.807, 2.05) is 0 Å². The molecular weight excluding hydrogens is 249 g/mol. The van der Waals surface area contributed by atoms with E-state index in [1.165, 1.54) is 6.92 Å². The van der Waals surface area contributed by atoms with Crippen LogP contribution in [0, 0.1) is 17.5 Å². The molecule has 1 N–H and O–H groups in total. The van der Waals surface area contributed by atoms with Crippen LogP contribution in [0.5, 0.6) is 0 Å². The van der Waals surface area contributed by atoms with E-state index in [1.54, 1.807) is 0 Å². The molecule has 7 heteroatoms. The summed E-state index contributed by atoms with van der Waals surface area (Å²) in [5, 5.41) is 2.35. The Morgan fingerprint density at radius 2 is 1.89 bits per heavy atom. The molecule has 2 amide bonds. The van der Waals surface area contributed by atoms with Crippen molar-refractivity contribution in [3.63, 3.8) is 0 Å². The predicted octanol–water partition coefficient (Wildman–Crippen LogP) is 0.955. The third-order valence-electron chi connectivity index (χ3n) is 2.62. The van der Waals surface area contributed by atoms with Gasteiger partial charge in [-0.05, 0) is 19.1 Å². The molecule has 1 unspecified atom stereocenters. The first-order valence-corrected chi connectivity index (χ1v) is 5.16. The molecule has 1 aromatic rings. The standard InChI is InChI=1S/C11H9F3N2O2/c1-5-11(18)16(4-8(17)15-5)7-3-2-6(12)9(13)10(7)14/h2-3,5H,4H2,1H3,(H,15,17). The van der Waals surface area contributed by atoms with E-state index < -0.39 is 47.5 Å². The monoisotopic (exact) mass is 258 g/mol. The molecule has 2 rings (SSSR count). The van der Waals surface area contributed by atoms with Crippen molar-refractivity contribution >= 4 is 17.5 Å². The van der Waals surface area contributed by atoms with E-state index in [2.05, 4.69) is 5.32 Å². The molecule has 96 valence electrons. The van der Waals surface area contributed by atoms with Gasteiger partial charge in [0, 0.05) is 0 Å². The number of piperazine rings is 1. The van der Waals surface area contributed by atoms with Crippen LogP contribution in [0.3, 0.4) is 0 Å². The Kier molecular flexibility index (Phi) is 2.98. The van der Waals surface area contributed by atoms with Gasteiger partial charge in [0.15, 0.2) is 17.5 Å². The largest absolute Gasteiger partial charge is 0.343 e. The average Bonchev–Trinajstić information content (AvgIpc) is 2.31. The second-order valence-corrected chi connectivity index (χ2v) is 3.91. The molecular formula is C11H9F3N2O2. The van der Waals surface area contributed by atoms with Crippen molar-refractivity contribution in [2.24, 2.45) is 0 Å². The number of hydrogen-bond acceptors (Lipinski definition) is 2. The number of rotatable bonds is 1. The Morgan fingerprint density at radius 3 is 2.56 bits per heavy atom. The fraction of sp³-hybridized carbons (Fsp3) is 0.273. The summed E-state index contributed by atoms with van der Waals surface area (Å²) in [7, 11) is 0. The lowest BCUT2D eigenvalue weighted by Gasteiger charge is -2.30. The molecule has 0 aliphatic carbocycles. The number of amides is 2. The van der Waals surface area contributed by atoms with Gasteiger partial charge in [0.2, 0.25) is 11.8 Å². The molecule has 4 nitrogen and oxygen atoms in total. The fourth-order valence-electron chi connectivity index (χ4n) is 1.73. The minimum atomic E-state index is -1.67. The van der Waals surface area contributed by atoms with Gasteiger partial charge >= 0.3 is 0 Å². The number of nitrogens with zero attached hydrogens (tertiary/aromatic N) is 1. The smallest absolute Gasteiger partial charge is 0.249 e. The average molecular weight is 258 g/mol. The molecule has 1 atom stereocenters. The highest BCUT2D eigenvalue weighted by Crippen LogP contribution is 2.25. The summed E-state index contributed by atoms with van der Waals surface area (Å²) in [6.45, 7) is 0.995. The maximum atomic E-state index is 13.5. The van der Waals surface area contributed by atoms with Gasteiger partial charge in [0.25, 0.3) is 0 Å². The maximum Gasteiger partial charge on any atom is 0.249 e. The topological polar surface area (TPSA) is 49.4 Å². The number of halogens is 3. The third kappa shape index (κ3) is 1.92. The summed E-state index contributed by atoms with van der Waals surface area (Å²) >= 11 is 0. The third-order valence-corrected chi connectivity index (χ3v) is 2.62. The van der Waals surface area contributed by atoms with Crippen molar-refractivity contribution in [3.05, 3.63) is 29.6 Å². The second kappa shape index (κ2) is 4.32. The highest BCUT2D eigenvalue weighted by atomic mass is 19.2. The molecule has 0 radical (unpaired) electrons. The first kappa shape index (κ1) is 12.4. The van der Waals surface area contributed by atoms with Gasteiger partial charge in [-0.2, -0.15) is 0 Å². The van der Waals surface area contributed by atoms with Crippen LogP contribution >= 0.6 is 0 Å². The van der Waals surface area contributed by atoms with Crippen molar-refractivity contribution in [1.29, 1.82) is 0 Å². The Labute approximate surface area is 100 Å². The van der Waals surface area contributed by atoms with E-state index in [0.29, 0.717) is 6.07 Å². The molecule has 18 heavy (non-hydrogen) atoms. The van der Waals surface area contributed by atoms with Crippen LogP contribution in [-0.4, -0.2) is 24.4 Å². The molecule has 1 aliphatic heterocycles. The zero-order valence-corrected chi connectivity index (χ0v) is 9.34. The molecule has 0 spiro atoms. The van der Waals surface area contributed by atoms with Crippen LogP contribution in [-0.2, 0) is 9.59 Å².